The normalized spacial score (nSPS) is 25.2. The van der Waals surface area contributed by atoms with Crippen molar-refractivity contribution in [3.63, 3.8) is 0 Å². The predicted octanol–water partition coefficient (Wildman–Crippen LogP) is 5.99. The number of esters is 1. The third-order valence-corrected chi connectivity index (χ3v) is 5.71. The summed E-state index contributed by atoms with van der Waals surface area (Å²) in [7, 11) is 0. The summed E-state index contributed by atoms with van der Waals surface area (Å²) < 4.78 is 6.01. The number of ether oxygens (including phenoxy) is 1. The van der Waals surface area contributed by atoms with Crippen molar-refractivity contribution >= 4 is 5.97 Å². The van der Waals surface area contributed by atoms with Crippen molar-refractivity contribution in [1.82, 2.24) is 0 Å². The summed E-state index contributed by atoms with van der Waals surface area (Å²) >= 11 is 0. The first-order valence-electron chi connectivity index (χ1n) is 10.1. The Kier molecular flexibility index (Phi) is 7.10. The van der Waals surface area contributed by atoms with Crippen LogP contribution in [0.25, 0.3) is 0 Å². The molecule has 0 saturated heterocycles. The fraction of sp³-hybridized carbons (Fsp3) is 0.696. The minimum absolute atomic E-state index is 0.0682. The van der Waals surface area contributed by atoms with Crippen molar-refractivity contribution < 1.29 is 9.53 Å². The lowest BCUT2D eigenvalue weighted by atomic mass is 9.75. The van der Waals surface area contributed by atoms with Crippen molar-refractivity contribution in [2.24, 2.45) is 23.7 Å². The molecule has 140 valence electrons. The van der Waals surface area contributed by atoms with Gasteiger partial charge in [-0.3, -0.25) is 4.79 Å². The summed E-state index contributed by atoms with van der Waals surface area (Å²) in [6.45, 7) is 13.2. The molecule has 25 heavy (non-hydrogen) atoms. The third-order valence-electron chi connectivity index (χ3n) is 5.71. The second-order valence-electron chi connectivity index (χ2n) is 8.86. The van der Waals surface area contributed by atoms with Gasteiger partial charge in [-0.1, -0.05) is 65.3 Å². The Morgan fingerprint density at radius 2 is 1.72 bits per heavy atom. The van der Waals surface area contributed by atoms with Crippen LogP contribution in [0.4, 0.5) is 0 Å². The highest BCUT2D eigenvalue weighted by Crippen LogP contribution is 2.36. The SMILES string of the molecule is CC(C)Cc1ccc([C@H](C)C(=O)O[C@@H]2C[C@H](C)CC[C@H]2C(C)C)cc1. The fourth-order valence-corrected chi connectivity index (χ4v) is 4.05. The Hall–Kier alpha value is -1.31. The van der Waals surface area contributed by atoms with Gasteiger partial charge in [0.15, 0.2) is 0 Å². The standard InChI is InChI=1S/C23H36O2/c1-15(2)13-19-8-10-20(11-9-19)18(6)23(24)25-22-14-17(5)7-12-21(22)16(3)4/h8-11,15-18,21-22H,7,12-14H2,1-6H3/t17-,18+,21+,22-/m1/s1. The fourth-order valence-electron chi connectivity index (χ4n) is 4.05. The lowest BCUT2D eigenvalue weighted by Gasteiger charge is -2.37. The van der Waals surface area contributed by atoms with Crippen molar-refractivity contribution in [1.29, 1.82) is 0 Å². The van der Waals surface area contributed by atoms with E-state index in [0.717, 1.165) is 18.4 Å². The van der Waals surface area contributed by atoms with Gasteiger partial charge in [0.2, 0.25) is 0 Å². The third kappa shape index (κ3) is 5.59. The molecule has 0 aromatic heterocycles. The van der Waals surface area contributed by atoms with Gasteiger partial charge >= 0.3 is 5.97 Å². The summed E-state index contributed by atoms with van der Waals surface area (Å²) in [6, 6.07) is 8.48. The van der Waals surface area contributed by atoms with E-state index in [0.29, 0.717) is 23.7 Å². The lowest BCUT2D eigenvalue weighted by molar-refractivity contribution is -0.157. The molecule has 0 unspecified atom stereocenters. The molecule has 1 saturated carbocycles. The molecule has 0 spiro atoms. The maximum Gasteiger partial charge on any atom is 0.313 e. The van der Waals surface area contributed by atoms with Crippen molar-refractivity contribution in [2.75, 3.05) is 0 Å². The first kappa shape index (κ1) is 20.0. The zero-order valence-corrected chi connectivity index (χ0v) is 16.9. The summed E-state index contributed by atoms with van der Waals surface area (Å²) in [5.41, 5.74) is 2.39. The van der Waals surface area contributed by atoms with Gasteiger partial charge in [0.1, 0.15) is 6.10 Å². The molecule has 0 N–H and O–H groups in total. The number of benzene rings is 1. The molecule has 0 amide bonds. The van der Waals surface area contributed by atoms with Crippen LogP contribution in [-0.4, -0.2) is 12.1 Å². The molecular weight excluding hydrogens is 308 g/mol. The molecule has 0 radical (unpaired) electrons. The number of rotatable bonds is 6. The highest BCUT2D eigenvalue weighted by Gasteiger charge is 2.34. The smallest absolute Gasteiger partial charge is 0.313 e. The Labute approximate surface area is 154 Å². The van der Waals surface area contributed by atoms with Gasteiger partial charge in [-0.2, -0.15) is 0 Å². The zero-order chi connectivity index (χ0) is 18.6. The van der Waals surface area contributed by atoms with E-state index in [1.807, 2.05) is 6.92 Å². The maximum absolute atomic E-state index is 12.7. The highest BCUT2D eigenvalue weighted by atomic mass is 16.5. The van der Waals surface area contributed by atoms with E-state index in [-0.39, 0.29) is 18.0 Å². The molecule has 4 atom stereocenters. The number of carbonyl (C=O) groups excluding carboxylic acids is 1. The van der Waals surface area contributed by atoms with Crippen LogP contribution in [0.5, 0.6) is 0 Å². The van der Waals surface area contributed by atoms with Gasteiger partial charge in [-0.25, -0.2) is 0 Å². The Morgan fingerprint density at radius 3 is 2.28 bits per heavy atom. The molecule has 0 heterocycles. The van der Waals surface area contributed by atoms with Gasteiger partial charge < -0.3 is 4.74 Å². The van der Waals surface area contributed by atoms with Crippen LogP contribution < -0.4 is 0 Å². The number of carbonyl (C=O) groups is 1. The molecule has 2 rings (SSSR count). The molecule has 1 aliphatic rings. The van der Waals surface area contributed by atoms with E-state index in [9.17, 15) is 4.79 Å². The average Bonchev–Trinajstić information content (AvgIpc) is 2.54. The molecule has 1 aromatic carbocycles. The molecular formula is C23H36O2. The predicted molar refractivity (Wildman–Crippen MR) is 105 cm³/mol. The topological polar surface area (TPSA) is 26.3 Å². The zero-order valence-electron chi connectivity index (χ0n) is 16.9. The second-order valence-corrected chi connectivity index (χ2v) is 8.86. The molecule has 2 heteroatoms. The molecule has 0 aliphatic heterocycles. The Balaban J connectivity index is 2.01. The van der Waals surface area contributed by atoms with Crippen LogP contribution in [0, 0.1) is 23.7 Å². The number of hydrogen-bond donors (Lipinski definition) is 0. The van der Waals surface area contributed by atoms with Gasteiger partial charge in [0, 0.05) is 0 Å². The van der Waals surface area contributed by atoms with Gasteiger partial charge in [-0.05, 0) is 61.0 Å². The first-order chi connectivity index (χ1) is 11.8. The van der Waals surface area contributed by atoms with Crippen LogP contribution in [-0.2, 0) is 16.0 Å². The average molecular weight is 345 g/mol. The van der Waals surface area contributed by atoms with E-state index in [1.165, 1.54) is 18.4 Å². The Morgan fingerprint density at radius 1 is 1.08 bits per heavy atom. The highest BCUT2D eigenvalue weighted by molar-refractivity contribution is 5.77. The minimum Gasteiger partial charge on any atom is -0.462 e. The largest absolute Gasteiger partial charge is 0.462 e. The van der Waals surface area contributed by atoms with Crippen LogP contribution >= 0.6 is 0 Å². The van der Waals surface area contributed by atoms with E-state index in [4.69, 9.17) is 4.74 Å². The first-order valence-corrected chi connectivity index (χ1v) is 10.1. The summed E-state index contributed by atoms with van der Waals surface area (Å²) in [5.74, 6) is 2.10. The van der Waals surface area contributed by atoms with Crippen LogP contribution in [0.15, 0.2) is 24.3 Å². The summed E-state index contributed by atoms with van der Waals surface area (Å²) in [4.78, 5) is 12.7. The summed E-state index contributed by atoms with van der Waals surface area (Å²) in [5, 5.41) is 0. The van der Waals surface area contributed by atoms with E-state index >= 15 is 0 Å². The monoisotopic (exact) mass is 344 g/mol. The van der Waals surface area contributed by atoms with Gasteiger partial charge in [0.25, 0.3) is 0 Å². The van der Waals surface area contributed by atoms with Crippen LogP contribution in [0.1, 0.15) is 77.8 Å². The second kappa shape index (κ2) is 8.87. The maximum atomic E-state index is 12.7. The Bertz CT molecular complexity index is 544. The molecule has 1 aromatic rings. The van der Waals surface area contributed by atoms with Crippen molar-refractivity contribution in [3.05, 3.63) is 35.4 Å². The number of hydrogen-bond acceptors (Lipinski definition) is 2. The molecule has 1 fully saturated rings. The van der Waals surface area contributed by atoms with E-state index in [1.54, 1.807) is 0 Å². The minimum atomic E-state index is -0.196. The molecule has 2 nitrogen and oxygen atoms in total. The summed E-state index contributed by atoms with van der Waals surface area (Å²) in [6.07, 6.45) is 4.60. The van der Waals surface area contributed by atoms with Crippen molar-refractivity contribution in [3.8, 4) is 0 Å². The van der Waals surface area contributed by atoms with Gasteiger partial charge in [-0.15, -0.1) is 0 Å². The van der Waals surface area contributed by atoms with E-state index in [2.05, 4.69) is 58.9 Å². The van der Waals surface area contributed by atoms with Crippen LogP contribution in [0.3, 0.4) is 0 Å². The quantitative estimate of drug-likeness (QED) is 0.592. The van der Waals surface area contributed by atoms with Gasteiger partial charge in [0.05, 0.1) is 5.92 Å². The van der Waals surface area contributed by atoms with Crippen molar-refractivity contribution in [2.45, 2.75) is 79.2 Å². The lowest BCUT2D eigenvalue weighted by Crippen LogP contribution is -2.36. The van der Waals surface area contributed by atoms with Crippen LogP contribution in [0.2, 0.25) is 0 Å². The molecule has 0 bridgehead atoms. The molecule has 1 aliphatic carbocycles. The van der Waals surface area contributed by atoms with E-state index < -0.39 is 0 Å².